The van der Waals surface area contributed by atoms with E-state index in [2.05, 4.69) is 87.1 Å². The minimum Gasteiger partial charge on any atom is -1.00 e. The molecule has 4 unspecified atom stereocenters. The van der Waals surface area contributed by atoms with Crippen LogP contribution in [-0.4, -0.2) is 180 Å². The molecular weight excluding hydrogens is 1500 g/mol. The van der Waals surface area contributed by atoms with Crippen LogP contribution in [0.3, 0.4) is 0 Å². The van der Waals surface area contributed by atoms with E-state index in [0.717, 1.165) is 167 Å². The molecule has 0 saturated heterocycles. The molecule has 0 aromatic heterocycles. The number of carbonyl (C=O) groups is 6. The van der Waals surface area contributed by atoms with Crippen molar-refractivity contribution >= 4 is 51.2 Å². The van der Waals surface area contributed by atoms with Crippen LogP contribution in [0.15, 0.2) is 24.3 Å². The summed E-state index contributed by atoms with van der Waals surface area (Å²) in [6.07, 6.45) is 42.7. The number of nitrogens with one attached hydrogen (secondary N) is 4. The quantitative estimate of drug-likeness (QED) is 0.00889. The van der Waals surface area contributed by atoms with Crippen molar-refractivity contribution in [2.45, 2.75) is 398 Å². The van der Waals surface area contributed by atoms with Gasteiger partial charge in [0.15, 0.2) is 12.2 Å². The molecule has 0 spiro atoms. The number of phosphoric acid groups is 2. The Bertz CT molecular complexity index is 2440. The molecule has 10 atom stereocenters. The summed E-state index contributed by atoms with van der Waals surface area (Å²) < 4.78 is 70.5. The molecule has 0 aliphatic rings. The van der Waals surface area contributed by atoms with Crippen molar-refractivity contribution in [1.82, 2.24) is 21.3 Å². The first-order valence-electron chi connectivity index (χ1n) is 43.0. The molecule has 650 valence electrons. The van der Waals surface area contributed by atoms with Gasteiger partial charge in [-0.15, -0.1) is 0 Å². The molecule has 0 radical (unpaired) electrons. The molecule has 0 aliphatic heterocycles. The van der Waals surface area contributed by atoms with Crippen LogP contribution in [0.4, 0.5) is 0 Å². The van der Waals surface area contributed by atoms with Crippen LogP contribution in [0.2, 0.25) is 0 Å². The second-order valence-corrected chi connectivity index (χ2v) is 32.4. The molecule has 26 nitrogen and oxygen atoms in total. The monoisotopic (exact) mass is 1660 g/mol. The Morgan fingerprint density at radius 2 is 0.643 bits per heavy atom. The molecule has 0 bridgehead atoms. The summed E-state index contributed by atoms with van der Waals surface area (Å²) in [6.45, 7) is 9.19. The van der Waals surface area contributed by atoms with E-state index in [-0.39, 0.29) is 114 Å². The van der Waals surface area contributed by atoms with Crippen molar-refractivity contribution in [2.24, 2.45) is 0 Å². The van der Waals surface area contributed by atoms with E-state index in [1.54, 1.807) is 0 Å². The maximum atomic E-state index is 13.8. The molecule has 0 aromatic carbocycles. The fraction of sp³-hybridized carbons (Fsp3) is 0.878. The molecule has 0 heterocycles. The van der Waals surface area contributed by atoms with Gasteiger partial charge in [-0.2, -0.15) is 0 Å². The molecule has 0 rings (SSSR count). The fourth-order valence-corrected chi connectivity index (χ4v) is 13.7. The number of aliphatic hydroxyl groups is 4. The van der Waals surface area contributed by atoms with Crippen molar-refractivity contribution < 1.29 is 167 Å². The minimum atomic E-state index is -4.92. The smallest absolute Gasteiger partial charge is 1.00 e. The van der Waals surface area contributed by atoms with E-state index in [4.69, 9.17) is 37.0 Å². The molecule has 10 N–H and O–H groups in total. The van der Waals surface area contributed by atoms with E-state index >= 15 is 0 Å². The van der Waals surface area contributed by atoms with Gasteiger partial charge in [0.05, 0.1) is 76.8 Å². The number of carbonyl (C=O) groups excluding carboxylic acids is 6. The van der Waals surface area contributed by atoms with Crippen molar-refractivity contribution in [3.63, 3.8) is 0 Å². The van der Waals surface area contributed by atoms with Gasteiger partial charge in [-0.05, 0) is 103 Å². The summed E-state index contributed by atoms with van der Waals surface area (Å²) in [5.41, 5.74) is 0. The number of hydrogen-bond acceptors (Lipinski definition) is 20. The first-order chi connectivity index (χ1) is 53.0. The number of allylic oxidation sites excluding steroid dienone is 4. The second kappa shape index (κ2) is 80.3. The van der Waals surface area contributed by atoms with E-state index in [1.165, 1.54) is 64.2 Å². The number of phosphoric ester groups is 2. The third-order valence-corrected chi connectivity index (χ3v) is 20.8. The molecule has 0 saturated carbocycles. The Kier molecular flexibility index (Phi) is 82.1. The van der Waals surface area contributed by atoms with Crippen molar-refractivity contribution in [3.05, 3.63) is 24.3 Å². The van der Waals surface area contributed by atoms with E-state index in [9.17, 15) is 68.1 Å². The van der Waals surface area contributed by atoms with Crippen molar-refractivity contribution in [3.8, 4) is 0 Å². The zero-order valence-corrected chi connectivity index (χ0v) is 76.8. The zero-order valence-electron chi connectivity index (χ0n) is 73.1. The molecule has 30 heteroatoms. The molecule has 0 fully saturated rings. The van der Waals surface area contributed by atoms with Crippen LogP contribution in [0.25, 0.3) is 0 Å². The molecule has 0 aromatic rings. The second-order valence-electron chi connectivity index (χ2n) is 29.5. The van der Waals surface area contributed by atoms with Crippen LogP contribution in [0, 0.1) is 0 Å². The Labute approximate surface area is 723 Å². The van der Waals surface area contributed by atoms with Gasteiger partial charge in [0.25, 0.3) is 11.8 Å². The van der Waals surface area contributed by atoms with Crippen molar-refractivity contribution in [1.29, 1.82) is 0 Å². The maximum absolute atomic E-state index is 13.8. The Morgan fingerprint density at radius 3 is 0.964 bits per heavy atom. The van der Waals surface area contributed by atoms with Crippen LogP contribution < -0.4 is 80.4 Å². The maximum Gasteiger partial charge on any atom is 1.00 e. The topological polar surface area (TPSA) is 380 Å². The predicted molar refractivity (Wildman–Crippen MR) is 435 cm³/mol. The fourth-order valence-electron chi connectivity index (χ4n) is 12.1. The summed E-state index contributed by atoms with van der Waals surface area (Å²) in [4.78, 5) is 101. The Morgan fingerprint density at radius 1 is 0.357 bits per heavy atom. The SMILES string of the molecule is CCCCCC/C=C/CCCC(=O)O[C@H](CCCCCCC)CC(=O)NC(COCC[C@H](O)CCCCCCC)COP(=O)(O)OCCNC(=O)[C@@H](O)[C@H](O)C(=O)NCCOP(=O)(O)OCC(COCC[C@H](O)CCCCCCC)NC(=O)C[C@@H](CCCCCCCCCCC)OC(=O)CCC/C=C/CCCCCC.[H-].[H-].[Na+].[Na+]. The third-order valence-electron chi connectivity index (χ3n) is 18.8. The summed E-state index contributed by atoms with van der Waals surface area (Å²) in [7, 11) is -9.84. The van der Waals surface area contributed by atoms with Crippen LogP contribution in [-0.2, 0) is 74.9 Å². The van der Waals surface area contributed by atoms with Gasteiger partial charge in [-0.3, -0.25) is 46.9 Å². The molecule has 112 heavy (non-hydrogen) atoms. The summed E-state index contributed by atoms with van der Waals surface area (Å²) >= 11 is 0. The standard InChI is InChI=1S/C82H156N4O22P2.2Na.2H/c1-7-13-19-25-28-31-34-40-46-52-74(108-78(92)54-48-42-36-33-30-27-21-15-9-3)64-76(90)86-70(66-102-60-56-72(88)50-44-38-23-17-11-5)68-106-110(99,100)104-62-58-84-82(96)80(94)79(93)81(95)83-57-61-103-109(97,98)105-67-69(65-101-59-55-71(87)49-43-37-22-16-10-4)85-75(89)63-73(51-45-39-24-18-12-6)107-77(91)53-47-41-35-32-29-26-20-14-8-2;;;;/h32-33,35-36,69-74,79-80,87-88,93-94H,7-31,34,37-68H2,1-6H3,(H,83,95)(H,84,96)(H,85,89)(H,86,90)(H,97,98)(H,99,100);;;;/q;2*+1;2*-1/b35-32+,36-33+;;;;/t69?,70?,71-,72-,73-,74-,79+,80+;;;;/m1..../s1. The summed E-state index contributed by atoms with van der Waals surface area (Å²) in [5.74, 6) is -4.40. The Balaban J connectivity index is -0.00000990. The van der Waals surface area contributed by atoms with Crippen molar-refractivity contribution in [2.75, 3.05) is 65.9 Å². The minimum absolute atomic E-state index is 0. The normalized spacial score (nSPS) is 14.9. The number of ether oxygens (including phenoxy) is 4. The third kappa shape index (κ3) is 73.4. The van der Waals surface area contributed by atoms with E-state index in [1.807, 2.05) is 0 Å². The number of esters is 2. The molecule has 0 aliphatic carbocycles. The number of aliphatic hydroxyl groups excluding tert-OH is 4. The summed E-state index contributed by atoms with van der Waals surface area (Å²) in [5, 5.41) is 52.3. The molecular formula is C82H158N4Na2O22P2. The van der Waals surface area contributed by atoms with Gasteiger partial charge in [0, 0.05) is 39.1 Å². The first kappa shape index (κ1) is 114. The molecule has 4 amide bonds. The predicted octanol–water partition coefficient (Wildman–Crippen LogP) is 9.95. The number of rotatable bonds is 81. The van der Waals surface area contributed by atoms with E-state index in [0.29, 0.717) is 51.4 Å². The van der Waals surface area contributed by atoms with Crippen LogP contribution in [0.1, 0.15) is 353 Å². The number of amides is 4. The average molecular weight is 1660 g/mol. The van der Waals surface area contributed by atoms with E-state index < -0.39 is 139 Å². The van der Waals surface area contributed by atoms with Crippen LogP contribution in [0.5, 0.6) is 0 Å². The summed E-state index contributed by atoms with van der Waals surface area (Å²) in [6, 6.07) is -2.03. The Hall–Kier alpha value is -1.72. The zero-order chi connectivity index (χ0) is 81.4. The van der Waals surface area contributed by atoms with Gasteiger partial charge >= 0.3 is 86.7 Å². The van der Waals surface area contributed by atoms with Crippen LogP contribution >= 0.6 is 15.6 Å². The van der Waals surface area contributed by atoms with Gasteiger partial charge in [0.1, 0.15) is 12.2 Å². The van der Waals surface area contributed by atoms with Gasteiger partial charge in [-0.1, -0.05) is 246 Å². The van der Waals surface area contributed by atoms with Gasteiger partial charge in [-0.25, -0.2) is 9.13 Å². The number of hydrogen-bond donors (Lipinski definition) is 10. The first-order valence-corrected chi connectivity index (χ1v) is 46.0. The number of unbranched alkanes of at least 4 members (excludes halogenated alkanes) is 30. The van der Waals surface area contributed by atoms with Gasteiger partial charge < -0.3 is 73.3 Å². The largest absolute Gasteiger partial charge is 1.00 e. The van der Waals surface area contributed by atoms with Gasteiger partial charge in [0.2, 0.25) is 11.8 Å². The average Bonchev–Trinajstić information content (AvgIpc) is 0.900.